The minimum atomic E-state index is 0.162. The summed E-state index contributed by atoms with van der Waals surface area (Å²) in [5.41, 5.74) is 0. The molecule has 1 aliphatic carbocycles. The van der Waals surface area contributed by atoms with Crippen molar-refractivity contribution in [3.05, 3.63) is 5.28 Å². The Labute approximate surface area is 112 Å². The van der Waals surface area contributed by atoms with Gasteiger partial charge in [0.05, 0.1) is 7.11 Å². The van der Waals surface area contributed by atoms with E-state index in [0.717, 1.165) is 12.8 Å². The van der Waals surface area contributed by atoms with E-state index >= 15 is 0 Å². The number of hydrogen-bond acceptors (Lipinski definition) is 5. The molecule has 0 spiro atoms. The third-order valence-electron chi connectivity index (χ3n) is 3.21. The van der Waals surface area contributed by atoms with E-state index in [1.807, 2.05) is 0 Å². The number of aromatic nitrogens is 3. The summed E-state index contributed by atoms with van der Waals surface area (Å²) in [7, 11) is 1.52. The molecule has 1 aromatic rings. The van der Waals surface area contributed by atoms with Crippen LogP contribution in [0.1, 0.15) is 44.9 Å². The van der Waals surface area contributed by atoms with Gasteiger partial charge in [0.15, 0.2) is 0 Å². The molecule has 5 nitrogen and oxygen atoms in total. The molecule has 1 saturated carbocycles. The van der Waals surface area contributed by atoms with Crippen molar-refractivity contribution >= 4 is 17.5 Å². The van der Waals surface area contributed by atoms with Crippen molar-refractivity contribution in [1.29, 1.82) is 0 Å². The van der Waals surface area contributed by atoms with Gasteiger partial charge in [0.25, 0.3) is 0 Å². The van der Waals surface area contributed by atoms with Gasteiger partial charge in [-0.15, -0.1) is 0 Å². The molecular weight excluding hydrogens is 252 g/mol. The summed E-state index contributed by atoms with van der Waals surface area (Å²) in [4.78, 5) is 12.1. The van der Waals surface area contributed by atoms with Gasteiger partial charge in [-0.1, -0.05) is 32.1 Å². The SMILES string of the molecule is COc1nc(Cl)nc(NC2CCCCCCC2)n1. The van der Waals surface area contributed by atoms with E-state index in [-0.39, 0.29) is 11.3 Å². The number of methoxy groups -OCH3 is 1. The van der Waals surface area contributed by atoms with Crippen LogP contribution in [0.25, 0.3) is 0 Å². The molecule has 1 aromatic heterocycles. The first-order chi connectivity index (χ1) is 8.78. The summed E-state index contributed by atoms with van der Waals surface area (Å²) in [5.74, 6) is 0.512. The van der Waals surface area contributed by atoms with E-state index in [2.05, 4.69) is 20.3 Å². The molecule has 0 amide bonds. The molecule has 0 unspecified atom stereocenters. The molecule has 0 bridgehead atoms. The fourth-order valence-corrected chi connectivity index (χ4v) is 2.42. The molecule has 6 heteroatoms. The van der Waals surface area contributed by atoms with Gasteiger partial charge in [-0.2, -0.15) is 15.0 Å². The number of halogens is 1. The van der Waals surface area contributed by atoms with Gasteiger partial charge < -0.3 is 10.1 Å². The van der Waals surface area contributed by atoms with Crippen LogP contribution in [0.4, 0.5) is 5.95 Å². The van der Waals surface area contributed by atoms with E-state index in [4.69, 9.17) is 16.3 Å². The molecule has 0 aromatic carbocycles. The Balaban J connectivity index is 2.00. The molecule has 0 aliphatic heterocycles. The maximum atomic E-state index is 5.82. The predicted molar refractivity (Wildman–Crippen MR) is 71.1 cm³/mol. The highest BCUT2D eigenvalue weighted by atomic mass is 35.5. The van der Waals surface area contributed by atoms with Crippen LogP contribution in [0.15, 0.2) is 0 Å². The summed E-state index contributed by atoms with van der Waals surface area (Å²) < 4.78 is 4.98. The Morgan fingerprint density at radius 3 is 2.39 bits per heavy atom. The topological polar surface area (TPSA) is 59.9 Å². The monoisotopic (exact) mass is 270 g/mol. The summed E-state index contributed by atoms with van der Waals surface area (Å²) in [5, 5.41) is 3.50. The van der Waals surface area contributed by atoms with Crippen molar-refractivity contribution in [2.24, 2.45) is 0 Å². The van der Waals surface area contributed by atoms with Crippen LogP contribution in [0, 0.1) is 0 Å². The van der Waals surface area contributed by atoms with Gasteiger partial charge >= 0.3 is 6.01 Å². The summed E-state index contributed by atoms with van der Waals surface area (Å²) >= 11 is 5.82. The largest absolute Gasteiger partial charge is 0.467 e. The van der Waals surface area contributed by atoms with E-state index in [1.54, 1.807) is 0 Å². The van der Waals surface area contributed by atoms with E-state index in [1.165, 1.54) is 39.2 Å². The van der Waals surface area contributed by atoms with Gasteiger partial charge in [0.2, 0.25) is 11.2 Å². The molecule has 2 rings (SSSR count). The molecule has 0 saturated heterocycles. The Bertz CT molecular complexity index is 380. The molecule has 18 heavy (non-hydrogen) atoms. The van der Waals surface area contributed by atoms with E-state index in [9.17, 15) is 0 Å². The lowest BCUT2D eigenvalue weighted by Crippen LogP contribution is -2.22. The zero-order valence-corrected chi connectivity index (χ0v) is 11.4. The Kier molecular flexibility index (Phi) is 4.99. The van der Waals surface area contributed by atoms with Gasteiger partial charge in [-0.3, -0.25) is 0 Å². The second-order valence-corrected chi connectivity index (χ2v) is 4.94. The molecule has 1 N–H and O–H groups in total. The van der Waals surface area contributed by atoms with Crippen molar-refractivity contribution in [3.8, 4) is 6.01 Å². The van der Waals surface area contributed by atoms with Gasteiger partial charge in [0, 0.05) is 6.04 Å². The maximum Gasteiger partial charge on any atom is 0.322 e. The van der Waals surface area contributed by atoms with E-state index in [0.29, 0.717) is 12.0 Å². The average molecular weight is 271 g/mol. The summed E-state index contributed by atoms with van der Waals surface area (Å²) in [6.45, 7) is 0. The van der Waals surface area contributed by atoms with Crippen LogP contribution in [-0.4, -0.2) is 28.1 Å². The number of hydrogen-bond donors (Lipinski definition) is 1. The normalized spacial score (nSPS) is 17.9. The predicted octanol–water partition coefficient (Wildman–Crippen LogP) is 3.06. The highest BCUT2D eigenvalue weighted by Gasteiger charge is 2.13. The number of anilines is 1. The third-order valence-corrected chi connectivity index (χ3v) is 3.38. The number of nitrogens with zero attached hydrogens (tertiary/aromatic N) is 3. The van der Waals surface area contributed by atoms with Crippen molar-refractivity contribution in [2.45, 2.75) is 51.0 Å². The molecule has 1 aliphatic rings. The summed E-state index contributed by atoms with van der Waals surface area (Å²) in [6.07, 6.45) is 8.83. The molecule has 1 fully saturated rings. The molecular formula is C12H19ClN4O. The van der Waals surface area contributed by atoms with Crippen LogP contribution >= 0.6 is 11.6 Å². The van der Waals surface area contributed by atoms with Gasteiger partial charge in [-0.05, 0) is 24.4 Å². The first-order valence-electron chi connectivity index (χ1n) is 6.50. The zero-order valence-electron chi connectivity index (χ0n) is 10.7. The summed E-state index contributed by atoms with van der Waals surface area (Å²) in [6, 6.07) is 0.678. The van der Waals surface area contributed by atoms with Crippen LogP contribution in [0.2, 0.25) is 5.28 Å². The number of rotatable bonds is 3. The van der Waals surface area contributed by atoms with Crippen molar-refractivity contribution in [1.82, 2.24) is 15.0 Å². The lowest BCUT2D eigenvalue weighted by atomic mass is 9.97. The average Bonchev–Trinajstić information content (AvgIpc) is 2.31. The minimum absolute atomic E-state index is 0.162. The van der Waals surface area contributed by atoms with Crippen LogP contribution in [0.5, 0.6) is 6.01 Å². The maximum absolute atomic E-state index is 5.82. The quantitative estimate of drug-likeness (QED) is 0.915. The molecule has 1 heterocycles. The fourth-order valence-electron chi connectivity index (χ4n) is 2.27. The minimum Gasteiger partial charge on any atom is -0.467 e. The van der Waals surface area contributed by atoms with Crippen molar-refractivity contribution in [2.75, 3.05) is 12.4 Å². The molecule has 0 radical (unpaired) electrons. The smallest absolute Gasteiger partial charge is 0.322 e. The van der Waals surface area contributed by atoms with Crippen LogP contribution < -0.4 is 10.1 Å². The highest BCUT2D eigenvalue weighted by molar-refractivity contribution is 6.28. The number of ether oxygens (including phenoxy) is 1. The Morgan fingerprint density at radius 2 is 1.72 bits per heavy atom. The fraction of sp³-hybridized carbons (Fsp3) is 0.750. The Hall–Kier alpha value is -1.10. The van der Waals surface area contributed by atoms with Crippen molar-refractivity contribution in [3.63, 3.8) is 0 Å². The lowest BCUT2D eigenvalue weighted by Gasteiger charge is -2.20. The van der Waals surface area contributed by atoms with Gasteiger partial charge in [-0.25, -0.2) is 0 Å². The standard InChI is InChI=1S/C12H19ClN4O/c1-18-12-16-10(13)15-11(17-12)14-9-7-5-3-2-4-6-8-9/h9H,2-8H2,1H3,(H,14,15,16,17). The molecule has 0 atom stereocenters. The second kappa shape index (κ2) is 6.73. The van der Waals surface area contributed by atoms with Crippen LogP contribution in [0.3, 0.4) is 0 Å². The van der Waals surface area contributed by atoms with Crippen molar-refractivity contribution < 1.29 is 4.74 Å². The van der Waals surface area contributed by atoms with Gasteiger partial charge in [0.1, 0.15) is 0 Å². The second-order valence-electron chi connectivity index (χ2n) is 4.60. The number of nitrogens with one attached hydrogen (secondary N) is 1. The first-order valence-corrected chi connectivity index (χ1v) is 6.88. The Morgan fingerprint density at radius 1 is 1.06 bits per heavy atom. The first kappa shape index (κ1) is 13.3. The highest BCUT2D eigenvalue weighted by Crippen LogP contribution is 2.20. The van der Waals surface area contributed by atoms with E-state index < -0.39 is 0 Å². The zero-order chi connectivity index (χ0) is 12.8. The molecule has 100 valence electrons. The third kappa shape index (κ3) is 3.98. The lowest BCUT2D eigenvalue weighted by molar-refractivity contribution is 0.378. The van der Waals surface area contributed by atoms with Crippen LogP contribution in [-0.2, 0) is 0 Å².